The van der Waals surface area contributed by atoms with Gasteiger partial charge in [-0.05, 0) is 37.0 Å². The lowest BCUT2D eigenvalue weighted by atomic mass is 10.1. The SMILES string of the molecule is CCC[C@H](N)C1CC12CC2. The van der Waals surface area contributed by atoms with E-state index in [0.29, 0.717) is 6.04 Å². The molecular formula is C9H17N. The third kappa shape index (κ3) is 0.878. The molecule has 1 heteroatoms. The molecule has 0 bridgehead atoms. The fourth-order valence-corrected chi connectivity index (χ4v) is 2.25. The van der Waals surface area contributed by atoms with Crippen molar-refractivity contribution < 1.29 is 0 Å². The molecule has 0 aliphatic heterocycles. The van der Waals surface area contributed by atoms with Crippen LogP contribution in [-0.4, -0.2) is 6.04 Å². The molecule has 1 spiro atoms. The first kappa shape index (κ1) is 6.66. The molecule has 1 nitrogen and oxygen atoms in total. The summed E-state index contributed by atoms with van der Waals surface area (Å²) < 4.78 is 0. The average Bonchev–Trinajstić information content (AvgIpc) is 2.76. The van der Waals surface area contributed by atoms with Crippen molar-refractivity contribution in [3.8, 4) is 0 Å². The summed E-state index contributed by atoms with van der Waals surface area (Å²) in [5, 5.41) is 0. The molecule has 2 N–H and O–H groups in total. The predicted octanol–water partition coefficient (Wildman–Crippen LogP) is 1.91. The van der Waals surface area contributed by atoms with E-state index in [4.69, 9.17) is 5.73 Å². The molecule has 2 aliphatic carbocycles. The van der Waals surface area contributed by atoms with Crippen LogP contribution in [0.25, 0.3) is 0 Å². The van der Waals surface area contributed by atoms with E-state index in [0.717, 1.165) is 11.3 Å². The zero-order valence-electron chi connectivity index (χ0n) is 6.77. The Morgan fingerprint density at radius 2 is 2.30 bits per heavy atom. The van der Waals surface area contributed by atoms with Gasteiger partial charge in [-0.3, -0.25) is 0 Å². The molecule has 0 aromatic carbocycles. The second-order valence-corrected chi connectivity index (χ2v) is 4.13. The Labute approximate surface area is 63.0 Å². The number of hydrogen-bond donors (Lipinski definition) is 1. The van der Waals surface area contributed by atoms with Crippen LogP contribution < -0.4 is 5.73 Å². The molecule has 0 radical (unpaired) electrons. The van der Waals surface area contributed by atoms with Gasteiger partial charge >= 0.3 is 0 Å². The van der Waals surface area contributed by atoms with E-state index in [-0.39, 0.29) is 0 Å². The Balaban J connectivity index is 1.79. The Kier molecular flexibility index (Phi) is 1.31. The smallest absolute Gasteiger partial charge is 0.00725 e. The summed E-state index contributed by atoms with van der Waals surface area (Å²) in [6, 6.07) is 0.535. The van der Waals surface area contributed by atoms with Gasteiger partial charge in [0.05, 0.1) is 0 Å². The maximum absolute atomic E-state index is 6.01. The second-order valence-electron chi connectivity index (χ2n) is 4.13. The van der Waals surface area contributed by atoms with Crippen LogP contribution in [0.1, 0.15) is 39.0 Å². The zero-order chi connectivity index (χ0) is 7.19. The summed E-state index contributed by atoms with van der Waals surface area (Å²) >= 11 is 0. The molecule has 58 valence electrons. The molecule has 1 unspecified atom stereocenters. The highest BCUT2D eigenvalue weighted by Gasteiger charge is 2.63. The van der Waals surface area contributed by atoms with Crippen LogP contribution in [0.2, 0.25) is 0 Å². The summed E-state index contributed by atoms with van der Waals surface area (Å²) in [4.78, 5) is 0. The van der Waals surface area contributed by atoms with Crippen LogP contribution in [0.5, 0.6) is 0 Å². The molecule has 0 amide bonds. The van der Waals surface area contributed by atoms with Crippen molar-refractivity contribution in [2.45, 2.75) is 45.1 Å². The third-order valence-corrected chi connectivity index (χ3v) is 3.28. The van der Waals surface area contributed by atoms with Gasteiger partial charge in [-0.2, -0.15) is 0 Å². The fourth-order valence-electron chi connectivity index (χ4n) is 2.25. The topological polar surface area (TPSA) is 26.0 Å². The molecule has 10 heavy (non-hydrogen) atoms. The Morgan fingerprint density at radius 3 is 2.70 bits per heavy atom. The average molecular weight is 139 g/mol. The Hall–Kier alpha value is -0.0400. The molecule has 0 aromatic rings. The minimum absolute atomic E-state index is 0.535. The van der Waals surface area contributed by atoms with E-state index in [1.807, 2.05) is 0 Å². The molecule has 2 fully saturated rings. The molecular weight excluding hydrogens is 122 g/mol. The van der Waals surface area contributed by atoms with Gasteiger partial charge < -0.3 is 5.73 Å². The normalized spacial score (nSPS) is 36.0. The lowest BCUT2D eigenvalue weighted by molar-refractivity contribution is 0.505. The van der Waals surface area contributed by atoms with E-state index in [1.165, 1.54) is 32.1 Å². The van der Waals surface area contributed by atoms with Crippen LogP contribution in [0.15, 0.2) is 0 Å². The Morgan fingerprint density at radius 1 is 1.60 bits per heavy atom. The van der Waals surface area contributed by atoms with E-state index in [9.17, 15) is 0 Å². The van der Waals surface area contributed by atoms with Crippen molar-refractivity contribution in [1.82, 2.24) is 0 Å². The van der Waals surface area contributed by atoms with Crippen LogP contribution in [-0.2, 0) is 0 Å². The molecule has 2 rings (SSSR count). The highest BCUT2D eigenvalue weighted by atomic mass is 14.8. The van der Waals surface area contributed by atoms with Gasteiger partial charge in [0.25, 0.3) is 0 Å². The van der Waals surface area contributed by atoms with Crippen LogP contribution >= 0.6 is 0 Å². The zero-order valence-corrected chi connectivity index (χ0v) is 6.77. The molecule has 0 saturated heterocycles. The predicted molar refractivity (Wildman–Crippen MR) is 42.7 cm³/mol. The Bertz CT molecular complexity index is 138. The van der Waals surface area contributed by atoms with E-state index >= 15 is 0 Å². The van der Waals surface area contributed by atoms with Gasteiger partial charge in [0.1, 0.15) is 0 Å². The lowest BCUT2D eigenvalue weighted by Crippen LogP contribution is -2.23. The summed E-state index contributed by atoms with van der Waals surface area (Å²) in [6.45, 7) is 2.22. The van der Waals surface area contributed by atoms with Gasteiger partial charge in [0.15, 0.2) is 0 Å². The highest BCUT2D eigenvalue weighted by Crippen LogP contribution is 2.71. The lowest BCUT2D eigenvalue weighted by Gasteiger charge is -2.07. The first-order chi connectivity index (χ1) is 4.78. The number of nitrogens with two attached hydrogens (primary N) is 1. The van der Waals surface area contributed by atoms with E-state index < -0.39 is 0 Å². The monoisotopic (exact) mass is 139 g/mol. The minimum Gasteiger partial charge on any atom is -0.327 e. The summed E-state index contributed by atoms with van der Waals surface area (Å²) in [6.07, 6.45) is 6.92. The van der Waals surface area contributed by atoms with Crippen LogP contribution in [0, 0.1) is 11.3 Å². The van der Waals surface area contributed by atoms with Crippen LogP contribution in [0.3, 0.4) is 0 Å². The number of hydrogen-bond acceptors (Lipinski definition) is 1. The maximum atomic E-state index is 6.01. The van der Waals surface area contributed by atoms with Gasteiger partial charge in [0, 0.05) is 6.04 Å². The van der Waals surface area contributed by atoms with Crippen molar-refractivity contribution in [3.05, 3.63) is 0 Å². The van der Waals surface area contributed by atoms with Crippen LogP contribution in [0.4, 0.5) is 0 Å². The summed E-state index contributed by atoms with van der Waals surface area (Å²) in [5.74, 6) is 0.924. The minimum atomic E-state index is 0.535. The number of rotatable bonds is 3. The van der Waals surface area contributed by atoms with Gasteiger partial charge in [-0.25, -0.2) is 0 Å². The first-order valence-electron chi connectivity index (χ1n) is 4.54. The first-order valence-corrected chi connectivity index (χ1v) is 4.54. The van der Waals surface area contributed by atoms with Gasteiger partial charge in [0.2, 0.25) is 0 Å². The van der Waals surface area contributed by atoms with Crippen molar-refractivity contribution in [2.24, 2.45) is 17.1 Å². The van der Waals surface area contributed by atoms with Gasteiger partial charge in [-0.1, -0.05) is 13.3 Å². The largest absolute Gasteiger partial charge is 0.327 e. The highest BCUT2D eigenvalue weighted by molar-refractivity contribution is 5.15. The molecule has 0 aromatic heterocycles. The van der Waals surface area contributed by atoms with Crippen molar-refractivity contribution in [3.63, 3.8) is 0 Å². The fraction of sp³-hybridized carbons (Fsp3) is 1.00. The molecule has 2 saturated carbocycles. The van der Waals surface area contributed by atoms with Crippen molar-refractivity contribution in [2.75, 3.05) is 0 Å². The molecule has 0 heterocycles. The third-order valence-electron chi connectivity index (χ3n) is 3.28. The molecule has 2 aliphatic rings. The second kappa shape index (κ2) is 1.97. The van der Waals surface area contributed by atoms with Crippen molar-refractivity contribution >= 4 is 0 Å². The summed E-state index contributed by atoms with van der Waals surface area (Å²) in [5.41, 5.74) is 6.82. The standard InChI is InChI=1S/C9H17N/c1-2-3-8(10)7-6-9(7)4-5-9/h7-8H,2-6,10H2,1H3/t7?,8-/m0/s1. The van der Waals surface area contributed by atoms with E-state index in [2.05, 4.69) is 6.92 Å². The van der Waals surface area contributed by atoms with E-state index in [1.54, 1.807) is 0 Å². The van der Waals surface area contributed by atoms with Gasteiger partial charge in [-0.15, -0.1) is 0 Å². The summed E-state index contributed by atoms with van der Waals surface area (Å²) in [7, 11) is 0. The maximum Gasteiger partial charge on any atom is 0.00725 e. The van der Waals surface area contributed by atoms with Crippen molar-refractivity contribution in [1.29, 1.82) is 0 Å². The molecule has 2 atom stereocenters. The quantitative estimate of drug-likeness (QED) is 0.635.